The average Bonchev–Trinajstić information content (AvgIpc) is 2.83. The molecule has 0 spiro atoms. The van der Waals surface area contributed by atoms with E-state index in [9.17, 15) is 19.2 Å². The van der Waals surface area contributed by atoms with Crippen LogP contribution >= 0.6 is 0 Å². The fourth-order valence-corrected chi connectivity index (χ4v) is 3.06. The van der Waals surface area contributed by atoms with Crippen molar-refractivity contribution in [2.45, 2.75) is 6.54 Å². The zero-order valence-corrected chi connectivity index (χ0v) is 13.1. The predicted octanol–water partition coefficient (Wildman–Crippen LogP) is 0.281. The summed E-state index contributed by atoms with van der Waals surface area (Å²) in [4.78, 5) is 49.2. The van der Waals surface area contributed by atoms with Gasteiger partial charge in [0.2, 0.25) is 0 Å². The van der Waals surface area contributed by atoms with Crippen LogP contribution in [0.1, 0.15) is 26.3 Å². The Morgan fingerprint density at radius 1 is 1.04 bits per heavy atom. The minimum Gasteiger partial charge on any atom is -0.384 e. The summed E-state index contributed by atoms with van der Waals surface area (Å²) in [6, 6.07) is 5.87. The van der Waals surface area contributed by atoms with Gasteiger partial charge in [0.25, 0.3) is 17.4 Å². The number of nitrogen functional groups attached to an aromatic ring is 1. The van der Waals surface area contributed by atoms with Gasteiger partial charge in [0.05, 0.1) is 16.8 Å². The number of urea groups is 1. The third kappa shape index (κ3) is 2.09. The summed E-state index contributed by atoms with van der Waals surface area (Å²) >= 11 is 0. The van der Waals surface area contributed by atoms with E-state index in [2.05, 4.69) is 10.6 Å². The van der Waals surface area contributed by atoms with Gasteiger partial charge in [-0.2, -0.15) is 0 Å². The van der Waals surface area contributed by atoms with Crippen LogP contribution in [0.15, 0.2) is 29.1 Å². The highest BCUT2D eigenvalue weighted by Gasteiger charge is 2.32. The second kappa shape index (κ2) is 4.94. The largest absolute Gasteiger partial charge is 0.384 e. The molecule has 4 N–H and O–H groups in total. The van der Waals surface area contributed by atoms with Gasteiger partial charge in [0.1, 0.15) is 5.82 Å². The van der Waals surface area contributed by atoms with Crippen molar-refractivity contribution >= 4 is 29.4 Å². The van der Waals surface area contributed by atoms with Crippen molar-refractivity contribution in [3.63, 3.8) is 0 Å². The van der Waals surface area contributed by atoms with Crippen LogP contribution in [0, 0.1) is 0 Å². The van der Waals surface area contributed by atoms with Crippen molar-refractivity contribution in [1.82, 2.24) is 14.8 Å². The normalized spacial score (nSPS) is 15.6. The zero-order valence-electron chi connectivity index (χ0n) is 13.1. The number of hydrogen-bond acceptors (Lipinski definition) is 5. The number of imide groups is 1. The van der Waals surface area contributed by atoms with E-state index < -0.39 is 17.4 Å². The summed E-state index contributed by atoms with van der Waals surface area (Å²) in [5, 5.41) is 4.86. The lowest BCUT2D eigenvalue weighted by Gasteiger charge is -2.26. The van der Waals surface area contributed by atoms with Crippen LogP contribution in [0.4, 0.5) is 16.3 Å². The van der Waals surface area contributed by atoms with Gasteiger partial charge in [-0.05, 0) is 23.8 Å². The number of nitrogens with zero attached hydrogens (tertiary/aromatic N) is 2. The van der Waals surface area contributed by atoms with Crippen molar-refractivity contribution in [2.24, 2.45) is 0 Å². The molecule has 4 rings (SSSR count). The maximum Gasteiger partial charge on any atom is 0.321 e. The van der Waals surface area contributed by atoms with Crippen molar-refractivity contribution < 1.29 is 14.4 Å². The van der Waals surface area contributed by atoms with Crippen LogP contribution < -0.4 is 21.9 Å². The molecule has 9 heteroatoms. The van der Waals surface area contributed by atoms with Crippen molar-refractivity contribution in [3.05, 3.63) is 51.3 Å². The third-order valence-corrected chi connectivity index (χ3v) is 4.30. The zero-order chi connectivity index (χ0) is 17.9. The summed E-state index contributed by atoms with van der Waals surface area (Å²) in [5.41, 5.74) is 7.36. The summed E-state index contributed by atoms with van der Waals surface area (Å²) in [6.45, 7) is 0.369. The van der Waals surface area contributed by atoms with Crippen molar-refractivity contribution in [1.29, 1.82) is 0 Å². The van der Waals surface area contributed by atoms with E-state index in [4.69, 9.17) is 5.73 Å². The number of carbonyl (C=O) groups excluding carboxylic acids is 3. The van der Waals surface area contributed by atoms with E-state index in [1.165, 1.54) is 9.47 Å². The molecular formula is C16H13N5O4. The van der Waals surface area contributed by atoms with Crippen molar-refractivity contribution in [3.8, 4) is 5.69 Å². The topological polar surface area (TPSA) is 127 Å². The minimum atomic E-state index is -0.634. The first-order chi connectivity index (χ1) is 11.9. The monoisotopic (exact) mass is 339 g/mol. The number of aromatic nitrogens is 1. The molecule has 1 aromatic carbocycles. The van der Waals surface area contributed by atoms with Crippen LogP contribution in [0.5, 0.6) is 0 Å². The molecule has 2 aliphatic rings. The summed E-state index contributed by atoms with van der Waals surface area (Å²) in [5.74, 6) is -1.36. The number of hydrogen-bond donors (Lipinski definition) is 3. The molecule has 126 valence electrons. The molecule has 0 saturated heterocycles. The van der Waals surface area contributed by atoms with Crippen LogP contribution in [0.3, 0.4) is 0 Å². The van der Waals surface area contributed by atoms with Gasteiger partial charge in [-0.25, -0.2) is 4.79 Å². The van der Waals surface area contributed by atoms with Crippen LogP contribution in [-0.2, 0) is 6.54 Å². The lowest BCUT2D eigenvalue weighted by atomic mass is 10.1. The number of benzene rings is 1. The van der Waals surface area contributed by atoms with Crippen LogP contribution in [0.2, 0.25) is 0 Å². The average molecular weight is 339 g/mol. The molecule has 3 heterocycles. The molecule has 0 fully saturated rings. The van der Waals surface area contributed by atoms with Gasteiger partial charge in [-0.15, -0.1) is 0 Å². The number of carbonyl (C=O) groups is 3. The molecule has 25 heavy (non-hydrogen) atoms. The standard InChI is InChI=1S/C16H13N5O4/c1-20-6-7-4-8(2-3-10(7)18-16(20)25)21-11(22)5-9-12(13(21)17)15(24)19-14(9)23/h2-5H,6,17H2,1H3,(H,18,25)(H,19,23,24). The van der Waals surface area contributed by atoms with E-state index in [0.29, 0.717) is 17.9 Å². The molecule has 2 aromatic rings. The molecule has 0 bridgehead atoms. The lowest BCUT2D eigenvalue weighted by molar-refractivity contribution is 0.0880. The Balaban J connectivity index is 1.90. The van der Waals surface area contributed by atoms with E-state index in [1.54, 1.807) is 25.2 Å². The SMILES string of the molecule is CN1Cc2cc(-n3c(N)c4c(cc3=O)C(=O)NC4=O)ccc2NC1=O. The fraction of sp³-hybridized carbons (Fsp3) is 0.125. The predicted molar refractivity (Wildman–Crippen MR) is 88.7 cm³/mol. The summed E-state index contributed by atoms with van der Waals surface area (Å²) < 4.78 is 1.17. The van der Waals surface area contributed by atoms with Gasteiger partial charge in [0.15, 0.2) is 0 Å². The van der Waals surface area contributed by atoms with Gasteiger partial charge in [0, 0.05) is 25.3 Å². The number of nitrogens with one attached hydrogen (secondary N) is 2. The summed E-state index contributed by atoms with van der Waals surface area (Å²) in [6.07, 6.45) is 0. The Kier molecular flexibility index (Phi) is 2.95. The number of amides is 4. The van der Waals surface area contributed by atoms with Gasteiger partial charge < -0.3 is 16.0 Å². The van der Waals surface area contributed by atoms with Crippen molar-refractivity contribution in [2.75, 3.05) is 18.1 Å². The van der Waals surface area contributed by atoms with Gasteiger partial charge in [-0.3, -0.25) is 24.3 Å². The van der Waals surface area contributed by atoms with E-state index >= 15 is 0 Å². The molecule has 0 atom stereocenters. The molecule has 0 unspecified atom stereocenters. The number of anilines is 2. The Morgan fingerprint density at radius 2 is 1.80 bits per heavy atom. The first-order valence-corrected chi connectivity index (χ1v) is 7.43. The Morgan fingerprint density at radius 3 is 2.56 bits per heavy atom. The molecule has 0 aliphatic carbocycles. The van der Waals surface area contributed by atoms with Gasteiger partial charge in [-0.1, -0.05) is 0 Å². The first-order valence-electron chi connectivity index (χ1n) is 7.43. The maximum absolute atomic E-state index is 12.4. The number of fused-ring (bicyclic) bond motifs is 2. The molecule has 4 amide bonds. The Bertz CT molecular complexity index is 1040. The highest BCUT2D eigenvalue weighted by Crippen LogP contribution is 2.27. The quantitative estimate of drug-likeness (QED) is 0.643. The second-order valence-corrected chi connectivity index (χ2v) is 5.90. The number of rotatable bonds is 1. The fourth-order valence-electron chi connectivity index (χ4n) is 3.06. The van der Waals surface area contributed by atoms with Crippen LogP contribution in [0.25, 0.3) is 5.69 Å². The molecule has 1 aromatic heterocycles. The van der Waals surface area contributed by atoms with Crippen LogP contribution in [-0.4, -0.2) is 34.4 Å². The highest BCUT2D eigenvalue weighted by molar-refractivity contribution is 6.23. The maximum atomic E-state index is 12.4. The van der Waals surface area contributed by atoms with E-state index in [1.807, 2.05) is 0 Å². The molecular weight excluding hydrogens is 326 g/mol. The highest BCUT2D eigenvalue weighted by atomic mass is 16.2. The minimum absolute atomic E-state index is 0.00672. The molecule has 9 nitrogen and oxygen atoms in total. The number of nitrogens with two attached hydrogens (primary N) is 1. The second-order valence-electron chi connectivity index (χ2n) is 5.90. The van der Waals surface area contributed by atoms with E-state index in [0.717, 1.165) is 11.6 Å². The molecule has 0 radical (unpaired) electrons. The summed E-state index contributed by atoms with van der Waals surface area (Å²) in [7, 11) is 1.65. The number of pyridine rings is 1. The smallest absolute Gasteiger partial charge is 0.321 e. The van der Waals surface area contributed by atoms with E-state index in [-0.39, 0.29) is 23.0 Å². The Labute approximate surface area is 141 Å². The van der Waals surface area contributed by atoms with Gasteiger partial charge >= 0.3 is 6.03 Å². The molecule has 0 saturated carbocycles. The lowest BCUT2D eigenvalue weighted by Crippen LogP contribution is -2.35. The first kappa shape index (κ1) is 14.9. The molecule has 2 aliphatic heterocycles. The Hall–Kier alpha value is -3.62. The third-order valence-electron chi connectivity index (χ3n) is 4.30.